The molecule has 96 valence electrons. The van der Waals surface area contributed by atoms with E-state index in [1.165, 1.54) is 11.8 Å². The van der Waals surface area contributed by atoms with Gasteiger partial charge in [0, 0.05) is 0 Å². The van der Waals surface area contributed by atoms with Crippen LogP contribution in [0.5, 0.6) is 17.8 Å². The van der Waals surface area contributed by atoms with Gasteiger partial charge in [-0.2, -0.15) is 9.97 Å². The van der Waals surface area contributed by atoms with Crippen molar-refractivity contribution in [3.05, 3.63) is 0 Å². The molecule has 0 aromatic carbocycles. The summed E-state index contributed by atoms with van der Waals surface area (Å²) < 4.78 is 16.2. The second kappa shape index (κ2) is 7.21. The highest BCUT2D eigenvalue weighted by Gasteiger charge is 2.16. The maximum absolute atomic E-state index is 5.47. The molecule has 0 fully saturated rings. The summed E-state index contributed by atoms with van der Waals surface area (Å²) in [5, 5.41) is 0. The van der Waals surface area contributed by atoms with Crippen LogP contribution in [-0.2, 0) is 0 Å². The lowest BCUT2D eigenvalue weighted by molar-refractivity contribution is 0.259. The fourth-order valence-electron chi connectivity index (χ4n) is 1.23. The molecule has 6 heteroatoms. The second-order valence-electron chi connectivity index (χ2n) is 2.95. The highest BCUT2D eigenvalue weighted by Crippen LogP contribution is 2.35. The van der Waals surface area contributed by atoms with Crippen LogP contribution < -0.4 is 14.2 Å². The number of hydrogen-bond donors (Lipinski definition) is 0. The van der Waals surface area contributed by atoms with Gasteiger partial charge >= 0.3 is 6.01 Å². The molecular weight excluding hydrogens is 240 g/mol. The first-order chi connectivity index (χ1) is 8.26. The van der Waals surface area contributed by atoms with Crippen molar-refractivity contribution in [1.82, 2.24) is 9.97 Å². The van der Waals surface area contributed by atoms with E-state index in [1.54, 1.807) is 0 Å². The molecule has 0 saturated carbocycles. The fraction of sp³-hybridized carbons (Fsp3) is 0.636. The van der Waals surface area contributed by atoms with Crippen molar-refractivity contribution >= 4 is 11.8 Å². The molecule has 1 aromatic rings. The smallest absolute Gasteiger partial charge is 0.323 e. The Morgan fingerprint density at radius 3 is 1.71 bits per heavy atom. The van der Waals surface area contributed by atoms with Crippen LogP contribution in [0.1, 0.15) is 20.8 Å². The van der Waals surface area contributed by atoms with Gasteiger partial charge in [-0.05, 0) is 27.0 Å². The first-order valence-corrected chi connectivity index (χ1v) is 6.83. The topological polar surface area (TPSA) is 53.5 Å². The van der Waals surface area contributed by atoms with Crippen LogP contribution in [0, 0.1) is 0 Å². The predicted molar refractivity (Wildman–Crippen MR) is 67.3 cm³/mol. The van der Waals surface area contributed by atoms with Crippen LogP contribution >= 0.6 is 11.8 Å². The van der Waals surface area contributed by atoms with Gasteiger partial charge in [0.25, 0.3) is 0 Å². The van der Waals surface area contributed by atoms with Gasteiger partial charge in [-0.25, -0.2) is 0 Å². The molecule has 17 heavy (non-hydrogen) atoms. The van der Waals surface area contributed by atoms with E-state index in [4.69, 9.17) is 14.2 Å². The first-order valence-electron chi connectivity index (χ1n) is 5.61. The highest BCUT2D eigenvalue weighted by molar-refractivity contribution is 7.98. The molecular formula is C11H18N2O3S. The third-order valence-corrected chi connectivity index (χ3v) is 2.58. The number of ether oxygens (including phenoxy) is 3. The van der Waals surface area contributed by atoms with E-state index in [0.29, 0.717) is 31.6 Å². The molecule has 1 aromatic heterocycles. The molecule has 1 rings (SSSR count). The van der Waals surface area contributed by atoms with E-state index in [0.717, 1.165) is 4.90 Å². The summed E-state index contributed by atoms with van der Waals surface area (Å²) in [6.07, 6.45) is 1.93. The van der Waals surface area contributed by atoms with Gasteiger partial charge in [0.1, 0.15) is 4.90 Å². The Balaban J connectivity index is 3.14. The summed E-state index contributed by atoms with van der Waals surface area (Å²) in [6, 6.07) is 0.289. The summed E-state index contributed by atoms with van der Waals surface area (Å²) in [7, 11) is 0. The van der Waals surface area contributed by atoms with Crippen molar-refractivity contribution in [1.29, 1.82) is 0 Å². The quantitative estimate of drug-likeness (QED) is 0.700. The Morgan fingerprint density at radius 2 is 1.35 bits per heavy atom. The van der Waals surface area contributed by atoms with E-state index in [1.807, 2.05) is 27.0 Å². The summed E-state index contributed by atoms with van der Waals surface area (Å²) >= 11 is 1.50. The van der Waals surface area contributed by atoms with Crippen LogP contribution in [0.3, 0.4) is 0 Å². The van der Waals surface area contributed by atoms with Gasteiger partial charge in [-0.15, -0.1) is 11.8 Å². The van der Waals surface area contributed by atoms with Crippen molar-refractivity contribution in [3.63, 3.8) is 0 Å². The van der Waals surface area contributed by atoms with E-state index in [-0.39, 0.29) is 6.01 Å². The molecule has 0 aliphatic heterocycles. The van der Waals surface area contributed by atoms with E-state index < -0.39 is 0 Å². The molecule has 0 N–H and O–H groups in total. The minimum absolute atomic E-state index is 0.289. The zero-order chi connectivity index (χ0) is 12.7. The van der Waals surface area contributed by atoms with Crippen LogP contribution in [0.25, 0.3) is 0 Å². The average molecular weight is 258 g/mol. The normalized spacial score (nSPS) is 10.1. The minimum atomic E-state index is 0.289. The van der Waals surface area contributed by atoms with Crippen molar-refractivity contribution in [2.24, 2.45) is 0 Å². The number of thioether (sulfide) groups is 1. The van der Waals surface area contributed by atoms with Gasteiger partial charge < -0.3 is 14.2 Å². The number of aromatic nitrogens is 2. The van der Waals surface area contributed by atoms with E-state index >= 15 is 0 Å². The maximum Gasteiger partial charge on any atom is 0.323 e. The highest BCUT2D eigenvalue weighted by atomic mass is 32.2. The molecule has 0 amide bonds. The van der Waals surface area contributed by atoms with Gasteiger partial charge in [-0.1, -0.05) is 0 Å². The number of nitrogens with zero attached hydrogens (tertiary/aromatic N) is 2. The molecule has 0 aliphatic rings. The van der Waals surface area contributed by atoms with E-state index in [9.17, 15) is 0 Å². The third kappa shape index (κ3) is 3.66. The Morgan fingerprint density at radius 1 is 0.882 bits per heavy atom. The first kappa shape index (κ1) is 13.9. The Bertz CT molecular complexity index is 334. The Kier molecular flexibility index (Phi) is 5.90. The summed E-state index contributed by atoms with van der Waals surface area (Å²) in [5.41, 5.74) is 0. The molecule has 0 spiro atoms. The van der Waals surface area contributed by atoms with Crippen molar-refractivity contribution in [2.75, 3.05) is 26.1 Å². The maximum atomic E-state index is 5.47. The molecule has 5 nitrogen and oxygen atoms in total. The van der Waals surface area contributed by atoms with E-state index in [2.05, 4.69) is 9.97 Å². The molecule has 0 unspecified atom stereocenters. The Labute approximate surface area is 106 Å². The van der Waals surface area contributed by atoms with Crippen LogP contribution in [0.15, 0.2) is 4.90 Å². The number of rotatable bonds is 7. The van der Waals surface area contributed by atoms with Gasteiger partial charge in [0.2, 0.25) is 11.8 Å². The largest absolute Gasteiger partial charge is 0.477 e. The lowest BCUT2D eigenvalue weighted by Crippen LogP contribution is -2.06. The molecule has 0 atom stereocenters. The minimum Gasteiger partial charge on any atom is -0.477 e. The predicted octanol–water partition coefficient (Wildman–Crippen LogP) is 2.39. The molecule has 0 saturated heterocycles. The SMILES string of the molecule is CCOc1nc(OCC)c(SC)c(OCC)n1. The Hall–Kier alpha value is -1.17. The third-order valence-electron chi connectivity index (χ3n) is 1.82. The average Bonchev–Trinajstić information content (AvgIpc) is 2.30. The molecule has 1 heterocycles. The standard InChI is InChI=1S/C11H18N2O3S/c1-5-14-9-8(17-4)10(15-6-2)13-11(12-9)16-7-3/h5-7H2,1-4H3. The summed E-state index contributed by atoms with van der Waals surface area (Å²) in [5.74, 6) is 1.03. The van der Waals surface area contributed by atoms with Crippen molar-refractivity contribution < 1.29 is 14.2 Å². The lowest BCUT2D eigenvalue weighted by Gasteiger charge is -2.13. The van der Waals surface area contributed by atoms with Gasteiger partial charge in [0.15, 0.2) is 0 Å². The van der Waals surface area contributed by atoms with Crippen molar-refractivity contribution in [2.45, 2.75) is 25.7 Å². The fourth-order valence-corrected chi connectivity index (χ4v) is 1.79. The molecule has 0 bridgehead atoms. The summed E-state index contributed by atoms with van der Waals surface area (Å²) in [4.78, 5) is 9.22. The number of hydrogen-bond acceptors (Lipinski definition) is 6. The van der Waals surface area contributed by atoms with Gasteiger partial charge in [-0.3, -0.25) is 0 Å². The lowest BCUT2D eigenvalue weighted by atomic mass is 10.5. The van der Waals surface area contributed by atoms with Crippen LogP contribution in [0.4, 0.5) is 0 Å². The second-order valence-corrected chi connectivity index (χ2v) is 3.77. The monoisotopic (exact) mass is 258 g/mol. The van der Waals surface area contributed by atoms with Crippen LogP contribution in [0.2, 0.25) is 0 Å². The zero-order valence-electron chi connectivity index (χ0n) is 10.6. The van der Waals surface area contributed by atoms with Gasteiger partial charge in [0.05, 0.1) is 19.8 Å². The molecule has 0 aliphatic carbocycles. The zero-order valence-corrected chi connectivity index (χ0v) is 11.5. The molecule has 0 radical (unpaired) electrons. The van der Waals surface area contributed by atoms with Crippen molar-refractivity contribution in [3.8, 4) is 17.8 Å². The van der Waals surface area contributed by atoms with Crippen LogP contribution in [-0.4, -0.2) is 36.0 Å². The summed E-state index contributed by atoms with van der Waals surface area (Å²) in [6.45, 7) is 7.30.